The molecular weight excluding hydrogens is 188 g/mol. The van der Waals surface area contributed by atoms with E-state index >= 15 is 0 Å². The van der Waals surface area contributed by atoms with Crippen molar-refractivity contribution in [3.63, 3.8) is 0 Å². The average Bonchev–Trinajstić information content (AvgIpc) is 2.24. The molecule has 0 unspecified atom stereocenters. The van der Waals surface area contributed by atoms with Gasteiger partial charge in [-0.05, 0) is 29.9 Å². The van der Waals surface area contributed by atoms with Gasteiger partial charge >= 0.3 is 5.97 Å². The number of carbonyl (C=O) groups is 1. The Hall–Kier alpha value is -2.19. The van der Waals surface area contributed by atoms with Crippen molar-refractivity contribution >= 4 is 5.97 Å². The lowest BCUT2D eigenvalue weighted by molar-refractivity contribution is -0.139. The molecule has 0 fully saturated rings. The lowest BCUT2D eigenvalue weighted by Gasteiger charge is -1.89. The maximum Gasteiger partial charge on any atom is 0.303 e. The molecule has 1 aromatic rings. The van der Waals surface area contributed by atoms with Crippen LogP contribution in [0, 0.1) is 23.7 Å². The van der Waals surface area contributed by atoms with Gasteiger partial charge in [0.05, 0.1) is 0 Å². The van der Waals surface area contributed by atoms with Crippen LogP contribution in [0.3, 0.4) is 0 Å². The summed E-state index contributed by atoms with van der Waals surface area (Å²) < 4.78 is 4.61. The number of rotatable bonds is 1. The van der Waals surface area contributed by atoms with Crippen LogP contribution in [-0.4, -0.2) is 12.6 Å². The third-order valence-electron chi connectivity index (χ3n) is 1.48. The number of ether oxygens (including phenoxy) is 1. The third kappa shape index (κ3) is 5.18. The van der Waals surface area contributed by atoms with Crippen molar-refractivity contribution in [2.45, 2.75) is 6.92 Å². The summed E-state index contributed by atoms with van der Waals surface area (Å²) >= 11 is 0. The molecule has 1 aromatic carbocycles. The normalized spacial score (nSPS) is 7.80. The van der Waals surface area contributed by atoms with Gasteiger partial charge in [-0.2, -0.15) is 0 Å². The second kappa shape index (κ2) is 6.29. The first kappa shape index (κ1) is 10.9. The van der Waals surface area contributed by atoms with Gasteiger partial charge in [-0.1, -0.05) is 24.1 Å². The molecule has 2 nitrogen and oxygen atoms in total. The van der Waals surface area contributed by atoms with Crippen molar-refractivity contribution in [1.29, 1.82) is 0 Å². The minimum absolute atomic E-state index is 0.0960. The highest BCUT2D eigenvalue weighted by Gasteiger charge is 1.85. The van der Waals surface area contributed by atoms with Crippen molar-refractivity contribution in [2.75, 3.05) is 6.61 Å². The van der Waals surface area contributed by atoms with Gasteiger partial charge in [0, 0.05) is 12.5 Å². The maximum absolute atomic E-state index is 10.4. The van der Waals surface area contributed by atoms with Crippen molar-refractivity contribution in [1.82, 2.24) is 0 Å². The average molecular weight is 198 g/mol. The van der Waals surface area contributed by atoms with E-state index in [0.29, 0.717) is 0 Å². The Kier molecular flexibility index (Phi) is 4.57. The van der Waals surface area contributed by atoms with Gasteiger partial charge in [0.25, 0.3) is 0 Å². The van der Waals surface area contributed by atoms with Gasteiger partial charge in [0.15, 0.2) is 6.61 Å². The van der Waals surface area contributed by atoms with Crippen LogP contribution in [0.15, 0.2) is 30.3 Å². The molecule has 0 bridgehead atoms. The summed E-state index contributed by atoms with van der Waals surface area (Å²) in [6, 6.07) is 9.56. The zero-order valence-electron chi connectivity index (χ0n) is 8.41. The topological polar surface area (TPSA) is 26.3 Å². The fourth-order valence-corrected chi connectivity index (χ4v) is 0.843. The Morgan fingerprint density at radius 2 is 2.00 bits per heavy atom. The summed E-state index contributed by atoms with van der Waals surface area (Å²) in [5.74, 6) is 10.4. The predicted molar refractivity (Wildman–Crippen MR) is 57.7 cm³/mol. The second-order valence-corrected chi connectivity index (χ2v) is 2.70. The van der Waals surface area contributed by atoms with Crippen LogP contribution in [0.25, 0.3) is 0 Å². The van der Waals surface area contributed by atoms with Gasteiger partial charge in [-0.3, -0.25) is 4.79 Å². The lowest BCUT2D eigenvalue weighted by Crippen LogP contribution is -1.97. The SMILES string of the molecule is CC(=O)OCC#CC#Cc1ccccc1. The molecule has 0 aliphatic carbocycles. The summed E-state index contributed by atoms with van der Waals surface area (Å²) in [5, 5.41) is 0. The number of carbonyl (C=O) groups excluding carboxylic acids is 1. The van der Waals surface area contributed by atoms with Crippen molar-refractivity contribution in [2.24, 2.45) is 0 Å². The monoisotopic (exact) mass is 198 g/mol. The van der Waals surface area contributed by atoms with E-state index < -0.39 is 0 Å². The highest BCUT2D eigenvalue weighted by atomic mass is 16.5. The van der Waals surface area contributed by atoms with Crippen LogP contribution in [0.2, 0.25) is 0 Å². The molecule has 0 aliphatic rings. The fourth-order valence-electron chi connectivity index (χ4n) is 0.843. The molecule has 0 aliphatic heterocycles. The van der Waals surface area contributed by atoms with Crippen molar-refractivity contribution in [3.8, 4) is 23.7 Å². The maximum atomic E-state index is 10.4. The molecule has 0 amide bonds. The Balaban J connectivity index is 2.43. The molecule has 74 valence electrons. The van der Waals surface area contributed by atoms with E-state index in [4.69, 9.17) is 0 Å². The quantitative estimate of drug-likeness (QED) is 0.506. The summed E-state index contributed by atoms with van der Waals surface area (Å²) in [7, 11) is 0. The molecule has 2 heteroatoms. The van der Waals surface area contributed by atoms with Crippen LogP contribution in [0.4, 0.5) is 0 Å². The molecule has 0 spiro atoms. The predicted octanol–water partition coefficient (Wildman–Crippen LogP) is 1.60. The Labute approximate surface area is 89.3 Å². The molecule has 15 heavy (non-hydrogen) atoms. The molecule has 0 N–H and O–H groups in total. The van der Waals surface area contributed by atoms with Gasteiger partial charge in [-0.25, -0.2) is 0 Å². The second-order valence-electron chi connectivity index (χ2n) is 2.70. The molecule has 0 radical (unpaired) electrons. The van der Waals surface area contributed by atoms with E-state index in [9.17, 15) is 4.79 Å². The zero-order chi connectivity index (χ0) is 10.9. The van der Waals surface area contributed by atoms with Gasteiger partial charge in [-0.15, -0.1) is 0 Å². The van der Waals surface area contributed by atoms with Gasteiger partial charge < -0.3 is 4.74 Å². The first-order valence-electron chi connectivity index (χ1n) is 4.46. The molecule has 0 heterocycles. The minimum atomic E-state index is -0.333. The van der Waals surface area contributed by atoms with E-state index in [0.717, 1.165) is 5.56 Å². The largest absolute Gasteiger partial charge is 0.453 e. The summed E-state index contributed by atoms with van der Waals surface area (Å²) in [4.78, 5) is 10.4. The Bertz CT molecular complexity index is 438. The highest BCUT2D eigenvalue weighted by molar-refractivity contribution is 5.66. The number of esters is 1. The Morgan fingerprint density at radius 3 is 2.67 bits per heavy atom. The fraction of sp³-hybridized carbons (Fsp3) is 0.154. The smallest absolute Gasteiger partial charge is 0.303 e. The standard InChI is InChI=1S/C13H10O2/c1-12(14)15-11-7-3-6-10-13-8-4-2-5-9-13/h2,4-5,8-9H,11H2,1H3. The van der Waals surface area contributed by atoms with E-state index in [1.165, 1.54) is 6.92 Å². The van der Waals surface area contributed by atoms with E-state index in [-0.39, 0.29) is 12.6 Å². The Morgan fingerprint density at radius 1 is 1.27 bits per heavy atom. The van der Waals surface area contributed by atoms with E-state index in [1.807, 2.05) is 30.3 Å². The first-order valence-corrected chi connectivity index (χ1v) is 4.46. The number of hydrogen-bond acceptors (Lipinski definition) is 2. The molecule has 0 atom stereocenters. The third-order valence-corrected chi connectivity index (χ3v) is 1.48. The van der Waals surface area contributed by atoms with Crippen LogP contribution >= 0.6 is 0 Å². The molecule has 1 rings (SSSR count). The summed E-state index contributed by atoms with van der Waals surface area (Å²) in [5.41, 5.74) is 0.916. The van der Waals surface area contributed by atoms with Crippen LogP contribution in [0.1, 0.15) is 12.5 Å². The van der Waals surface area contributed by atoms with Gasteiger partial charge in [0.1, 0.15) is 0 Å². The van der Waals surface area contributed by atoms with Crippen LogP contribution < -0.4 is 0 Å². The van der Waals surface area contributed by atoms with E-state index in [1.54, 1.807) is 0 Å². The van der Waals surface area contributed by atoms with Crippen molar-refractivity contribution < 1.29 is 9.53 Å². The number of hydrogen-bond donors (Lipinski definition) is 0. The number of benzene rings is 1. The van der Waals surface area contributed by atoms with E-state index in [2.05, 4.69) is 28.4 Å². The summed E-state index contributed by atoms with van der Waals surface area (Å²) in [6.07, 6.45) is 0. The molecule has 0 aromatic heterocycles. The van der Waals surface area contributed by atoms with Crippen molar-refractivity contribution in [3.05, 3.63) is 35.9 Å². The highest BCUT2D eigenvalue weighted by Crippen LogP contribution is 1.93. The van der Waals surface area contributed by atoms with Crippen LogP contribution in [0.5, 0.6) is 0 Å². The minimum Gasteiger partial charge on any atom is -0.453 e. The molecule has 0 saturated carbocycles. The lowest BCUT2D eigenvalue weighted by atomic mass is 10.2. The van der Waals surface area contributed by atoms with Gasteiger partial charge in [0.2, 0.25) is 0 Å². The molecular formula is C13H10O2. The first-order chi connectivity index (χ1) is 7.29. The zero-order valence-corrected chi connectivity index (χ0v) is 8.41. The summed E-state index contributed by atoms with van der Waals surface area (Å²) in [6.45, 7) is 1.44. The molecule has 0 saturated heterocycles. The van der Waals surface area contributed by atoms with Crippen LogP contribution in [-0.2, 0) is 9.53 Å².